The molecule has 0 saturated heterocycles. The smallest absolute Gasteiger partial charge is 0.289 e. The zero-order valence-electron chi connectivity index (χ0n) is 12.0. The van der Waals surface area contributed by atoms with E-state index in [1.807, 2.05) is 0 Å². The topological polar surface area (TPSA) is 34.1 Å². The molecule has 0 radical (unpaired) electrons. The highest BCUT2D eigenvalue weighted by Gasteiger charge is 2.37. The summed E-state index contributed by atoms with van der Waals surface area (Å²) in [6.45, 7) is 0. The molecule has 0 unspecified atom stereocenters. The van der Waals surface area contributed by atoms with Gasteiger partial charge in [0.2, 0.25) is 0 Å². The Labute approximate surface area is 142 Å². The molecule has 0 spiro atoms. The van der Waals surface area contributed by atoms with E-state index >= 15 is 0 Å². The molecule has 2 rings (SSSR count). The molecule has 0 aromatic heterocycles. The van der Waals surface area contributed by atoms with Crippen LogP contribution in [0.25, 0.3) is 0 Å². The van der Waals surface area contributed by atoms with Gasteiger partial charge in [-0.05, 0) is 35.9 Å². The quantitative estimate of drug-likeness (QED) is 0.409. The number of hydrogen-bond donors (Lipinski definition) is 0. The first-order valence-corrected chi connectivity index (χ1v) is 6.92. The maximum atomic E-state index is 12.9. The average Bonchev–Trinajstić information content (AvgIpc) is 2.52. The van der Waals surface area contributed by atoms with Gasteiger partial charge in [-0.2, -0.15) is 26.3 Å². The fourth-order valence-electron chi connectivity index (χ4n) is 2.09. The van der Waals surface area contributed by atoms with Gasteiger partial charge in [0.1, 0.15) is 0 Å². The third-order valence-electron chi connectivity index (χ3n) is 3.23. The summed E-state index contributed by atoms with van der Waals surface area (Å²) in [5, 5.41) is -1.06. The van der Waals surface area contributed by atoms with Crippen LogP contribution in [0.4, 0.5) is 26.3 Å². The van der Waals surface area contributed by atoms with E-state index in [0.29, 0.717) is 12.1 Å². The highest BCUT2D eigenvalue weighted by Crippen LogP contribution is 2.36. The first-order valence-electron chi connectivity index (χ1n) is 6.54. The first kappa shape index (κ1) is 19.0. The lowest BCUT2D eigenvalue weighted by molar-refractivity contribution is -0.143. The van der Waals surface area contributed by atoms with Crippen molar-refractivity contribution in [3.05, 3.63) is 70.3 Å². The number of benzene rings is 2. The molecule has 0 aliphatic heterocycles. The molecule has 0 aliphatic rings. The Bertz CT molecular complexity index is 807. The van der Waals surface area contributed by atoms with Gasteiger partial charge in [-0.1, -0.05) is 18.2 Å². The molecule has 2 aromatic carbocycles. The molecule has 0 N–H and O–H groups in total. The lowest BCUT2D eigenvalue weighted by Gasteiger charge is -2.14. The lowest BCUT2D eigenvalue weighted by Crippen LogP contribution is -2.15. The Hall–Kier alpha value is -2.35. The summed E-state index contributed by atoms with van der Waals surface area (Å²) in [6, 6.07) is 5.39. The number of alkyl halides is 6. The molecule has 0 saturated carbocycles. The van der Waals surface area contributed by atoms with Crippen molar-refractivity contribution in [2.24, 2.45) is 0 Å². The van der Waals surface area contributed by atoms with Crippen LogP contribution in [0.1, 0.15) is 37.4 Å². The normalized spacial score (nSPS) is 12.1. The van der Waals surface area contributed by atoms with Gasteiger partial charge < -0.3 is 0 Å². The fraction of sp³-hybridized carbons (Fsp3) is 0.125. The number of ketones is 1. The van der Waals surface area contributed by atoms with Crippen molar-refractivity contribution in [1.29, 1.82) is 0 Å². The largest absolute Gasteiger partial charge is 0.416 e. The molecule has 25 heavy (non-hydrogen) atoms. The van der Waals surface area contributed by atoms with E-state index in [0.717, 1.165) is 12.1 Å². The van der Waals surface area contributed by atoms with Gasteiger partial charge in [0.15, 0.2) is 5.78 Å². The van der Waals surface area contributed by atoms with E-state index in [9.17, 15) is 35.9 Å². The van der Waals surface area contributed by atoms with Crippen molar-refractivity contribution in [3.63, 3.8) is 0 Å². The lowest BCUT2D eigenvalue weighted by atomic mass is 9.95. The summed E-state index contributed by atoms with van der Waals surface area (Å²) in [6.07, 6.45) is -10.2. The van der Waals surface area contributed by atoms with Crippen LogP contribution < -0.4 is 0 Å². The van der Waals surface area contributed by atoms with E-state index < -0.39 is 45.6 Å². The molecular weight excluding hydrogens is 374 g/mol. The van der Waals surface area contributed by atoms with Crippen molar-refractivity contribution >= 4 is 22.6 Å². The second-order valence-corrected chi connectivity index (χ2v) is 5.29. The highest BCUT2D eigenvalue weighted by molar-refractivity contribution is 6.68. The zero-order valence-corrected chi connectivity index (χ0v) is 12.8. The summed E-state index contributed by atoms with van der Waals surface area (Å²) in [4.78, 5) is 23.7. The Balaban J connectivity index is 2.67. The van der Waals surface area contributed by atoms with E-state index in [1.165, 1.54) is 12.1 Å². The molecule has 2 nitrogen and oxygen atoms in total. The standard InChI is InChI=1S/C16H7ClF6O2/c17-14(25)12-4-2-1-3-11(12)13(24)8-5-9(15(18,19)20)7-10(6-8)16(21,22)23/h1-7H. The van der Waals surface area contributed by atoms with Gasteiger partial charge in [0, 0.05) is 16.7 Å². The van der Waals surface area contributed by atoms with Gasteiger partial charge in [-0.3, -0.25) is 9.59 Å². The van der Waals surface area contributed by atoms with E-state index in [4.69, 9.17) is 11.6 Å². The predicted octanol–water partition coefficient (Wildman–Crippen LogP) is 5.33. The highest BCUT2D eigenvalue weighted by atomic mass is 35.5. The Morgan fingerprint density at radius 2 is 1.20 bits per heavy atom. The Morgan fingerprint density at radius 1 is 0.760 bits per heavy atom. The van der Waals surface area contributed by atoms with Crippen molar-refractivity contribution < 1.29 is 35.9 Å². The minimum absolute atomic E-state index is 0.0879. The van der Waals surface area contributed by atoms with Crippen molar-refractivity contribution in [2.75, 3.05) is 0 Å². The SMILES string of the molecule is O=C(Cl)c1ccccc1C(=O)c1cc(C(F)(F)F)cc(C(F)(F)F)c1. The van der Waals surface area contributed by atoms with Gasteiger partial charge in [-0.25, -0.2) is 0 Å². The molecule has 0 aliphatic carbocycles. The Kier molecular flexibility index (Phi) is 4.94. The molecule has 132 valence electrons. The summed E-state index contributed by atoms with van der Waals surface area (Å²) in [5.41, 5.74) is -4.82. The molecule has 0 fully saturated rings. The summed E-state index contributed by atoms with van der Waals surface area (Å²) in [7, 11) is 0. The fourth-order valence-corrected chi connectivity index (χ4v) is 2.26. The van der Waals surface area contributed by atoms with Crippen LogP contribution in [0, 0.1) is 0 Å². The third-order valence-corrected chi connectivity index (χ3v) is 3.44. The second-order valence-electron chi connectivity index (χ2n) is 4.94. The van der Waals surface area contributed by atoms with Crippen LogP contribution in [0.2, 0.25) is 0 Å². The molecule has 9 heteroatoms. The predicted molar refractivity (Wildman–Crippen MR) is 76.5 cm³/mol. The minimum atomic E-state index is -5.09. The van der Waals surface area contributed by atoms with Crippen LogP contribution in [0.3, 0.4) is 0 Å². The molecular formula is C16H7ClF6O2. The summed E-state index contributed by atoms with van der Waals surface area (Å²) >= 11 is 5.30. The van der Waals surface area contributed by atoms with Crippen LogP contribution in [-0.4, -0.2) is 11.0 Å². The molecule has 0 bridgehead atoms. The van der Waals surface area contributed by atoms with Crippen LogP contribution in [0.15, 0.2) is 42.5 Å². The van der Waals surface area contributed by atoms with E-state index in [2.05, 4.69) is 0 Å². The molecule has 2 aromatic rings. The zero-order chi connectivity index (χ0) is 19.0. The van der Waals surface area contributed by atoms with Crippen LogP contribution >= 0.6 is 11.6 Å². The van der Waals surface area contributed by atoms with Crippen LogP contribution in [0.5, 0.6) is 0 Å². The summed E-state index contributed by atoms with van der Waals surface area (Å²) in [5.74, 6) is -1.18. The maximum absolute atomic E-state index is 12.9. The third kappa shape index (κ3) is 4.19. The Morgan fingerprint density at radius 3 is 1.60 bits per heavy atom. The average molecular weight is 381 g/mol. The number of carbonyl (C=O) groups is 2. The molecule has 0 amide bonds. The molecule has 0 heterocycles. The number of carbonyl (C=O) groups excluding carboxylic acids is 2. The van der Waals surface area contributed by atoms with Gasteiger partial charge in [-0.15, -0.1) is 0 Å². The van der Waals surface area contributed by atoms with Gasteiger partial charge >= 0.3 is 12.4 Å². The maximum Gasteiger partial charge on any atom is 0.416 e. The van der Waals surface area contributed by atoms with E-state index in [-0.39, 0.29) is 11.6 Å². The van der Waals surface area contributed by atoms with Crippen molar-refractivity contribution in [2.45, 2.75) is 12.4 Å². The minimum Gasteiger partial charge on any atom is -0.289 e. The summed E-state index contributed by atoms with van der Waals surface area (Å²) < 4.78 is 77.1. The van der Waals surface area contributed by atoms with Gasteiger partial charge in [0.05, 0.1) is 11.1 Å². The number of hydrogen-bond acceptors (Lipinski definition) is 2. The van der Waals surface area contributed by atoms with E-state index in [1.54, 1.807) is 0 Å². The van der Waals surface area contributed by atoms with Crippen molar-refractivity contribution in [1.82, 2.24) is 0 Å². The van der Waals surface area contributed by atoms with Gasteiger partial charge in [0.25, 0.3) is 5.24 Å². The molecule has 0 atom stereocenters. The second kappa shape index (κ2) is 6.51. The number of halogens is 7. The first-order chi connectivity index (χ1) is 11.4. The van der Waals surface area contributed by atoms with Crippen LogP contribution in [-0.2, 0) is 12.4 Å². The monoisotopic (exact) mass is 380 g/mol. The number of rotatable bonds is 3. The van der Waals surface area contributed by atoms with Crippen molar-refractivity contribution in [3.8, 4) is 0 Å².